The van der Waals surface area contributed by atoms with Gasteiger partial charge in [-0.05, 0) is 62.9 Å². The van der Waals surface area contributed by atoms with Gasteiger partial charge in [-0.15, -0.1) is 0 Å². The van der Waals surface area contributed by atoms with Crippen molar-refractivity contribution in [2.45, 2.75) is 46.1 Å². The van der Waals surface area contributed by atoms with Crippen LogP contribution in [0.2, 0.25) is 0 Å². The van der Waals surface area contributed by atoms with Gasteiger partial charge in [-0.3, -0.25) is 4.79 Å². The fourth-order valence-electron chi connectivity index (χ4n) is 3.94. The first-order valence-corrected chi connectivity index (χ1v) is 10.9. The van der Waals surface area contributed by atoms with Crippen LogP contribution < -0.4 is 15.0 Å². The van der Waals surface area contributed by atoms with Crippen molar-refractivity contribution in [2.75, 3.05) is 23.3 Å². The van der Waals surface area contributed by atoms with Crippen molar-refractivity contribution in [3.05, 3.63) is 71.1 Å². The van der Waals surface area contributed by atoms with Crippen molar-refractivity contribution in [1.29, 1.82) is 0 Å². The van der Waals surface area contributed by atoms with E-state index in [9.17, 15) is 4.79 Å². The zero-order chi connectivity index (χ0) is 21.6. The third-order valence-electron chi connectivity index (χ3n) is 5.73. The number of amides is 1. The number of piperidine rings is 1. The molecule has 2 aromatic carbocycles. The summed E-state index contributed by atoms with van der Waals surface area (Å²) in [6.07, 6.45) is 4.00. The van der Waals surface area contributed by atoms with Crippen molar-refractivity contribution < 1.29 is 14.1 Å². The summed E-state index contributed by atoms with van der Waals surface area (Å²) in [5, 5.41) is 7.04. The second kappa shape index (κ2) is 9.69. The van der Waals surface area contributed by atoms with Gasteiger partial charge in [0.05, 0.1) is 29.1 Å². The molecule has 0 atom stereocenters. The number of carbonyl (C=O) groups is 1. The van der Waals surface area contributed by atoms with Gasteiger partial charge in [0.2, 0.25) is 5.91 Å². The molecule has 1 fully saturated rings. The van der Waals surface area contributed by atoms with Gasteiger partial charge in [0.25, 0.3) is 0 Å². The van der Waals surface area contributed by atoms with Gasteiger partial charge in [-0.2, -0.15) is 0 Å². The number of nitrogens with zero attached hydrogens (tertiary/aromatic N) is 2. The van der Waals surface area contributed by atoms with E-state index < -0.39 is 0 Å². The van der Waals surface area contributed by atoms with Crippen LogP contribution in [0.4, 0.5) is 11.4 Å². The highest BCUT2D eigenvalue weighted by molar-refractivity contribution is 5.95. The van der Waals surface area contributed by atoms with Crippen LogP contribution in [0.25, 0.3) is 0 Å². The standard InChI is InChI=1S/C25H29N3O3/c1-18-22(19(2)31-27-18)17-30-21-12-10-20(11-13-21)16-25(29)26-23-8-4-5-9-24(23)28-14-6-3-7-15-28/h4-5,8-13H,3,6-7,14-17H2,1-2H3,(H,26,29). The van der Waals surface area contributed by atoms with E-state index in [-0.39, 0.29) is 5.91 Å². The normalized spacial score (nSPS) is 13.8. The number of aromatic nitrogens is 1. The van der Waals surface area contributed by atoms with E-state index in [1.54, 1.807) is 0 Å². The monoisotopic (exact) mass is 419 g/mol. The number of para-hydroxylation sites is 2. The lowest BCUT2D eigenvalue weighted by molar-refractivity contribution is -0.115. The average Bonchev–Trinajstić information content (AvgIpc) is 3.11. The van der Waals surface area contributed by atoms with E-state index in [1.807, 2.05) is 56.3 Å². The molecule has 0 saturated carbocycles. The van der Waals surface area contributed by atoms with E-state index >= 15 is 0 Å². The van der Waals surface area contributed by atoms with Crippen LogP contribution in [0, 0.1) is 13.8 Å². The third kappa shape index (κ3) is 5.26. The average molecular weight is 420 g/mol. The van der Waals surface area contributed by atoms with Crippen LogP contribution in [0.1, 0.15) is 41.8 Å². The van der Waals surface area contributed by atoms with Gasteiger partial charge in [0, 0.05) is 13.1 Å². The number of ether oxygens (including phenoxy) is 1. The first-order chi connectivity index (χ1) is 15.1. The molecule has 4 rings (SSSR count). The zero-order valence-electron chi connectivity index (χ0n) is 18.2. The highest BCUT2D eigenvalue weighted by atomic mass is 16.5. The van der Waals surface area contributed by atoms with Crippen molar-refractivity contribution in [3.8, 4) is 5.75 Å². The molecule has 0 radical (unpaired) electrons. The van der Waals surface area contributed by atoms with Gasteiger partial charge in [0.15, 0.2) is 0 Å². The Bertz CT molecular complexity index is 1000. The Morgan fingerprint density at radius 2 is 1.81 bits per heavy atom. The second-order valence-electron chi connectivity index (χ2n) is 8.03. The Labute approximate surface area is 183 Å². The minimum absolute atomic E-state index is 0.0196. The quantitative estimate of drug-likeness (QED) is 0.581. The molecule has 162 valence electrons. The third-order valence-corrected chi connectivity index (χ3v) is 5.73. The maximum atomic E-state index is 12.7. The van der Waals surface area contributed by atoms with Crippen LogP contribution in [-0.2, 0) is 17.8 Å². The van der Waals surface area contributed by atoms with Crippen LogP contribution in [-0.4, -0.2) is 24.2 Å². The van der Waals surface area contributed by atoms with Gasteiger partial charge in [0.1, 0.15) is 18.1 Å². The molecule has 6 nitrogen and oxygen atoms in total. The smallest absolute Gasteiger partial charge is 0.228 e. The summed E-state index contributed by atoms with van der Waals surface area (Å²) >= 11 is 0. The molecule has 0 spiro atoms. The highest BCUT2D eigenvalue weighted by Crippen LogP contribution is 2.28. The number of hydrogen-bond acceptors (Lipinski definition) is 5. The molecule has 1 aromatic heterocycles. The van der Waals surface area contributed by atoms with Crippen molar-refractivity contribution in [2.24, 2.45) is 0 Å². The summed E-state index contributed by atoms with van der Waals surface area (Å²) in [6, 6.07) is 15.7. The Morgan fingerprint density at radius 1 is 1.06 bits per heavy atom. The fourth-order valence-corrected chi connectivity index (χ4v) is 3.94. The van der Waals surface area contributed by atoms with Gasteiger partial charge >= 0.3 is 0 Å². The fraction of sp³-hybridized carbons (Fsp3) is 0.360. The molecule has 0 bridgehead atoms. The predicted molar refractivity (Wildman–Crippen MR) is 122 cm³/mol. The molecular weight excluding hydrogens is 390 g/mol. The second-order valence-corrected chi connectivity index (χ2v) is 8.03. The molecular formula is C25H29N3O3. The largest absolute Gasteiger partial charge is 0.489 e. The summed E-state index contributed by atoms with van der Waals surface area (Å²) in [6.45, 7) is 6.28. The number of rotatable bonds is 7. The number of carbonyl (C=O) groups excluding carboxylic acids is 1. The van der Waals surface area contributed by atoms with E-state index in [4.69, 9.17) is 9.26 Å². The predicted octanol–water partition coefficient (Wildman–Crippen LogP) is 5.04. The summed E-state index contributed by atoms with van der Waals surface area (Å²) in [5.41, 5.74) is 4.75. The Kier molecular flexibility index (Phi) is 6.55. The first-order valence-electron chi connectivity index (χ1n) is 10.9. The minimum atomic E-state index is -0.0196. The lowest BCUT2D eigenvalue weighted by Gasteiger charge is -2.30. The topological polar surface area (TPSA) is 67.6 Å². The van der Waals surface area contributed by atoms with Crippen molar-refractivity contribution in [1.82, 2.24) is 5.16 Å². The van der Waals surface area contributed by atoms with Gasteiger partial charge in [-0.1, -0.05) is 29.4 Å². The number of hydrogen-bond donors (Lipinski definition) is 1. The lowest BCUT2D eigenvalue weighted by atomic mass is 10.1. The number of benzene rings is 2. The zero-order valence-corrected chi connectivity index (χ0v) is 18.2. The molecule has 2 heterocycles. The van der Waals surface area contributed by atoms with Crippen LogP contribution in [0.15, 0.2) is 53.1 Å². The molecule has 3 aromatic rings. The maximum absolute atomic E-state index is 12.7. The van der Waals surface area contributed by atoms with Crippen LogP contribution in [0.3, 0.4) is 0 Å². The van der Waals surface area contributed by atoms with Crippen molar-refractivity contribution >= 4 is 17.3 Å². The van der Waals surface area contributed by atoms with Crippen LogP contribution in [0.5, 0.6) is 5.75 Å². The van der Waals surface area contributed by atoms with Crippen LogP contribution >= 0.6 is 0 Å². The summed E-state index contributed by atoms with van der Waals surface area (Å²) in [7, 11) is 0. The SMILES string of the molecule is Cc1noc(C)c1COc1ccc(CC(=O)Nc2ccccc2N2CCCCC2)cc1. The van der Waals surface area contributed by atoms with E-state index in [1.165, 1.54) is 19.3 Å². The Hall–Kier alpha value is -3.28. The number of aryl methyl sites for hydroxylation is 2. The van der Waals surface area contributed by atoms with E-state index in [0.717, 1.165) is 52.8 Å². The molecule has 31 heavy (non-hydrogen) atoms. The van der Waals surface area contributed by atoms with E-state index in [0.29, 0.717) is 13.0 Å². The summed E-state index contributed by atoms with van der Waals surface area (Å²) < 4.78 is 11.0. The Morgan fingerprint density at radius 3 is 2.52 bits per heavy atom. The number of anilines is 2. The molecule has 0 unspecified atom stereocenters. The van der Waals surface area contributed by atoms with E-state index in [2.05, 4.69) is 21.4 Å². The molecule has 0 aliphatic carbocycles. The van der Waals surface area contributed by atoms with Crippen molar-refractivity contribution in [3.63, 3.8) is 0 Å². The highest BCUT2D eigenvalue weighted by Gasteiger charge is 2.16. The van der Waals surface area contributed by atoms with Gasteiger partial charge in [-0.25, -0.2) is 0 Å². The summed E-state index contributed by atoms with van der Waals surface area (Å²) in [4.78, 5) is 15.0. The van der Waals surface area contributed by atoms with Gasteiger partial charge < -0.3 is 19.5 Å². The number of nitrogens with one attached hydrogen (secondary N) is 1. The minimum Gasteiger partial charge on any atom is -0.489 e. The molecule has 1 saturated heterocycles. The first kappa shape index (κ1) is 21.0. The molecule has 1 amide bonds. The maximum Gasteiger partial charge on any atom is 0.228 e. The lowest BCUT2D eigenvalue weighted by Crippen LogP contribution is -2.30. The molecule has 1 N–H and O–H groups in total. The Balaban J connectivity index is 1.34. The molecule has 1 aliphatic rings. The molecule has 6 heteroatoms. The summed E-state index contributed by atoms with van der Waals surface area (Å²) in [5.74, 6) is 1.50. The molecule has 1 aliphatic heterocycles.